The molecule has 4 heteroatoms. The lowest BCUT2D eigenvalue weighted by atomic mass is 9.92. The van der Waals surface area contributed by atoms with Gasteiger partial charge in [0.2, 0.25) is 0 Å². The Bertz CT molecular complexity index is 496. The average molecular weight is 275 g/mol. The van der Waals surface area contributed by atoms with Gasteiger partial charge in [-0.3, -0.25) is 4.79 Å². The van der Waals surface area contributed by atoms with Crippen LogP contribution in [0.25, 0.3) is 0 Å². The maximum Gasteiger partial charge on any atom is 0.253 e. The number of nitrogen functional groups attached to an aromatic ring is 1. The van der Waals surface area contributed by atoms with Gasteiger partial charge in [-0.15, -0.1) is 0 Å². The predicted octanol–water partition coefficient (Wildman–Crippen LogP) is 3.01. The monoisotopic (exact) mass is 275 g/mol. The highest BCUT2D eigenvalue weighted by atomic mass is 16.1. The SMILES string of the molecule is CCNC(=O)c1ccc(N)cc1NC1CCC(C)(C)C1. The Labute approximate surface area is 121 Å². The third-order valence-corrected chi connectivity index (χ3v) is 3.95. The quantitative estimate of drug-likeness (QED) is 0.740. The number of nitrogens with two attached hydrogens (primary N) is 1. The summed E-state index contributed by atoms with van der Waals surface area (Å²) in [5.41, 5.74) is 8.43. The van der Waals surface area contributed by atoms with Crippen LogP contribution in [-0.4, -0.2) is 18.5 Å². The molecule has 1 aromatic rings. The number of hydrogen-bond donors (Lipinski definition) is 3. The maximum absolute atomic E-state index is 12.1. The van der Waals surface area contributed by atoms with Crippen molar-refractivity contribution in [3.8, 4) is 0 Å². The zero-order valence-electron chi connectivity index (χ0n) is 12.6. The minimum absolute atomic E-state index is 0.0488. The maximum atomic E-state index is 12.1. The van der Waals surface area contributed by atoms with Crippen molar-refractivity contribution in [1.82, 2.24) is 5.32 Å². The standard InChI is InChI=1S/C16H25N3O/c1-4-18-15(20)13-6-5-11(17)9-14(13)19-12-7-8-16(2,3)10-12/h5-6,9,12,19H,4,7-8,10,17H2,1-3H3,(H,18,20). The second-order valence-corrected chi connectivity index (χ2v) is 6.41. The summed E-state index contributed by atoms with van der Waals surface area (Å²) < 4.78 is 0. The Morgan fingerprint density at radius 2 is 2.20 bits per heavy atom. The van der Waals surface area contributed by atoms with Gasteiger partial charge in [-0.05, 0) is 49.8 Å². The largest absolute Gasteiger partial charge is 0.399 e. The van der Waals surface area contributed by atoms with Crippen molar-refractivity contribution in [1.29, 1.82) is 0 Å². The molecular weight excluding hydrogens is 250 g/mol. The van der Waals surface area contributed by atoms with E-state index in [0.29, 0.717) is 29.3 Å². The van der Waals surface area contributed by atoms with E-state index in [-0.39, 0.29) is 5.91 Å². The molecular formula is C16H25N3O. The second kappa shape index (κ2) is 5.73. The molecule has 0 spiro atoms. The summed E-state index contributed by atoms with van der Waals surface area (Å²) in [6, 6.07) is 5.84. The van der Waals surface area contributed by atoms with Crippen LogP contribution in [-0.2, 0) is 0 Å². The summed E-state index contributed by atoms with van der Waals surface area (Å²) >= 11 is 0. The Morgan fingerprint density at radius 1 is 1.45 bits per heavy atom. The van der Waals surface area contributed by atoms with E-state index in [2.05, 4.69) is 24.5 Å². The Hall–Kier alpha value is -1.71. The van der Waals surface area contributed by atoms with Crippen molar-refractivity contribution in [2.75, 3.05) is 17.6 Å². The number of amides is 1. The highest BCUT2D eigenvalue weighted by molar-refractivity contribution is 6.00. The van der Waals surface area contributed by atoms with Crippen LogP contribution in [0.3, 0.4) is 0 Å². The highest BCUT2D eigenvalue weighted by Crippen LogP contribution is 2.38. The lowest BCUT2D eigenvalue weighted by Crippen LogP contribution is -2.25. The summed E-state index contributed by atoms with van der Waals surface area (Å²) in [4.78, 5) is 12.1. The summed E-state index contributed by atoms with van der Waals surface area (Å²) in [7, 11) is 0. The van der Waals surface area contributed by atoms with E-state index >= 15 is 0 Å². The van der Waals surface area contributed by atoms with Crippen LogP contribution in [0.4, 0.5) is 11.4 Å². The molecule has 1 amide bonds. The zero-order valence-corrected chi connectivity index (χ0v) is 12.6. The fraction of sp³-hybridized carbons (Fsp3) is 0.562. The van der Waals surface area contributed by atoms with Gasteiger partial charge in [0.25, 0.3) is 5.91 Å². The molecule has 1 saturated carbocycles. The number of hydrogen-bond acceptors (Lipinski definition) is 3. The van der Waals surface area contributed by atoms with E-state index in [9.17, 15) is 4.79 Å². The molecule has 0 radical (unpaired) electrons. The molecule has 0 bridgehead atoms. The van der Waals surface area contributed by atoms with Gasteiger partial charge >= 0.3 is 0 Å². The van der Waals surface area contributed by atoms with Gasteiger partial charge in [-0.2, -0.15) is 0 Å². The van der Waals surface area contributed by atoms with Crippen LogP contribution in [0.1, 0.15) is 50.4 Å². The van der Waals surface area contributed by atoms with Gasteiger partial charge < -0.3 is 16.4 Å². The highest BCUT2D eigenvalue weighted by Gasteiger charge is 2.31. The van der Waals surface area contributed by atoms with E-state index < -0.39 is 0 Å². The molecule has 20 heavy (non-hydrogen) atoms. The van der Waals surface area contributed by atoms with Crippen LogP contribution in [0.5, 0.6) is 0 Å². The van der Waals surface area contributed by atoms with E-state index in [0.717, 1.165) is 18.5 Å². The molecule has 1 unspecified atom stereocenters. The predicted molar refractivity (Wildman–Crippen MR) is 83.9 cm³/mol. The molecule has 1 aromatic carbocycles. The van der Waals surface area contributed by atoms with Gasteiger partial charge in [0.05, 0.1) is 5.56 Å². The molecule has 0 aliphatic heterocycles. The zero-order chi connectivity index (χ0) is 14.8. The molecule has 0 aromatic heterocycles. The van der Waals surface area contributed by atoms with Crippen molar-refractivity contribution in [3.63, 3.8) is 0 Å². The molecule has 1 fully saturated rings. The summed E-state index contributed by atoms with van der Waals surface area (Å²) in [5, 5.41) is 6.35. The fourth-order valence-corrected chi connectivity index (χ4v) is 2.91. The molecule has 0 heterocycles. The van der Waals surface area contributed by atoms with Gasteiger partial charge in [-0.1, -0.05) is 13.8 Å². The summed E-state index contributed by atoms with van der Waals surface area (Å²) in [5.74, 6) is -0.0488. The molecule has 1 aliphatic carbocycles. The fourth-order valence-electron chi connectivity index (χ4n) is 2.91. The van der Waals surface area contributed by atoms with E-state index in [1.807, 2.05) is 13.0 Å². The van der Waals surface area contributed by atoms with Gasteiger partial charge in [-0.25, -0.2) is 0 Å². The molecule has 1 aliphatic rings. The normalized spacial score (nSPS) is 20.6. The Kier molecular flexibility index (Phi) is 4.21. The van der Waals surface area contributed by atoms with Crippen LogP contribution < -0.4 is 16.4 Å². The van der Waals surface area contributed by atoms with Crippen LogP contribution in [0, 0.1) is 5.41 Å². The first kappa shape index (κ1) is 14.7. The van der Waals surface area contributed by atoms with E-state index in [1.54, 1.807) is 12.1 Å². The molecule has 2 rings (SSSR count). The third-order valence-electron chi connectivity index (χ3n) is 3.95. The molecule has 4 nitrogen and oxygen atoms in total. The van der Waals surface area contributed by atoms with Crippen LogP contribution >= 0.6 is 0 Å². The van der Waals surface area contributed by atoms with Gasteiger partial charge in [0.1, 0.15) is 0 Å². The van der Waals surface area contributed by atoms with Crippen molar-refractivity contribution >= 4 is 17.3 Å². The topological polar surface area (TPSA) is 67.2 Å². The lowest BCUT2D eigenvalue weighted by Gasteiger charge is -2.20. The third kappa shape index (κ3) is 3.44. The number of anilines is 2. The van der Waals surface area contributed by atoms with Crippen LogP contribution in [0.15, 0.2) is 18.2 Å². The van der Waals surface area contributed by atoms with Crippen molar-refractivity contribution in [2.45, 2.75) is 46.1 Å². The van der Waals surface area contributed by atoms with Gasteiger partial charge in [0.15, 0.2) is 0 Å². The number of carbonyl (C=O) groups is 1. The molecule has 0 saturated heterocycles. The number of nitrogens with one attached hydrogen (secondary N) is 2. The lowest BCUT2D eigenvalue weighted by molar-refractivity contribution is 0.0956. The van der Waals surface area contributed by atoms with Crippen molar-refractivity contribution in [2.24, 2.45) is 5.41 Å². The van der Waals surface area contributed by atoms with Gasteiger partial charge in [0, 0.05) is 24.0 Å². The first-order valence-electron chi connectivity index (χ1n) is 7.35. The van der Waals surface area contributed by atoms with Crippen LogP contribution in [0.2, 0.25) is 0 Å². The summed E-state index contributed by atoms with van der Waals surface area (Å²) in [6.07, 6.45) is 3.47. The number of rotatable bonds is 4. The smallest absolute Gasteiger partial charge is 0.253 e. The summed E-state index contributed by atoms with van der Waals surface area (Å²) in [6.45, 7) is 7.12. The molecule has 110 valence electrons. The number of carbonyl (C=O) groups excluding carboxylic acids is 1. The minimum atomic E-state index is -0.0488. The first-order chi connectivity index (χ1) is 9.41. The Morgan fingerprint density at radius 3 is 2.80 bits per heavy atom. The second-order valence-electron chi connectivity index (χ2n) is 6.41. The average Bonchev–Trinajstić information content (AvgIpc) is 2.69. The van der Waals surface area contributed by atoms with Crippen molar-refractivity contribution in [3.05, 3.63) is 23.8 Å². The minimum Gasteiger partial charge on any atom is -0.399 e. The first-order valence-corrected chi connectivity index (χ1v) is 7.35. The number of benzene rings is 1. The molecule has 1 atom stereocenters. The van der Waals surface area contributed by atoms with E-state index in [4.69, 9.17) is 5.73 Å². The Balaban J connectivity index is 2.17. The van der Waals surface area contributed by atoms with Crippen molar-refractivity contribution < 1.29 is 4.79 Å². The van der Waals surface area contributed by atoms with E-state index in [1.165, 1.54) is 6.42 Å². The molecule has 4 N–H and O–H groups in total.